The lowest BCUT2D eigenvalue weighted by Gasteiger charge is -2.03. The third kappa shape index (κ3) is 2.13. The minimum absolute atomic E-state index is 0.0295. The van der Waals surface area contributed by atoms with Crippen molar-refractivity contribution in [2.45, 2.75) is 0 Å². The number of rotatable bonds is 3. The number of nitrogens with one attached hydrogen (secondary N) is 1. The molecular formula is C7H9F2N3. The molecule has 0 aliphatic rings. The van der Waals surface area contributed by atoms with Crippen LogP contribution in [0.25, 0.3) is 0 Å². The fourth-order valence-corrected chi connectivity index (χ4v) is 0.735. The van der Waals surface area contributed by atoms with Crippen molar-refractivity contribution in [3.63, 3.8) is 0 Å². The first-order chi connectivity index (χ1) is 5.74. The highest BCUT2D eigenvalue weighted by Gasteiger charge is 2.02. The molecule has 0 spiro atoms. The second-order valence-corrected chi connectivity index (χ2v) is 2.20. The van der Waals surface area contributed by atoms with Gasteiger partial charge < -0.3 is 11.1 Å². The van der Waals surface area contributed by atoms with E-state index in [0.717, 1.165) is 12.3 Å². The molecule has 5 heteroatoms. The van der Waals surface area contributed by atoms with E-state index in [1.54, 1.807) is 0 Å². The van der Waals surface area contributed by atoms with Gasteiger partial charge in [-0.1, -0.05) is 0 Å². The monoisotopic (exact) mass is 173 g/mol. The third-order valence-corrected chi connectivity index (χ3v) is 1.24. The van der Waals surface area contributed by atoms with Gasteiger partial charge in [0.2, 0.25) is 0 Å². The number of nitrogens with zero attached hydrogens (tertiary/aromatic N) is 1. The quantitative estimate of drug-likeness (QED) is 0.708. The van der Waals surface area contributed by atoms with Crippen LogP contribution in [0.15, 0.2) is 12.3 Å². The zero-order valence-corrected chi connectivity index (χ0v) is 6.35. The van der Waals surface area contributed by atoms with E-state index in [1.807, 2.05) is 0 Å². The summed E-state index contributed by atoms with van der Waals surface area (Å²) in [5.74, 6) is -1.36. The number of pyridine rings is 1. The number of anilines is 1. The van der Waals surface area contributed by atoms with Gasteiger partial charge in [-0.15, -0.1) is 0 Å². The molecule has 0 aliphatic heterocycles. The Bertz CT molecular complexity index is 265. The molecule has 0 saturated heterocycles. The van der Waals surface area contributed by atoms with Crippen molar-refractivity contribution in [1.82, 2.24) is 4.98 Å². The zero-order chi connectivity index (χ0) is 8.97. The molecule has 0 fully saturated rings. The lowest BCUT2D eigenvalue weighted by atomic mass is 10.4. The predicted molar refractivity (Wildman–Crippen MR) is 41.7 cm³/mol. The smallest absolute Gasteiger partial charge is 0.168 e. The Morgan fingerprint density at radius 2 is 2.25 bits per heavy atom. The molecule has 0 saturated carbocycles. The standard InChI is InChI=1S/C7H9F2N3/c8-5-3-6(9)7(12-4-5)11-2-1-10/h3-4H,1-2,10H2,(H,11,12). The molecule has 1 aromatic rings. The SMILES string of the molecule is NCCNc1ncc(F)cc1F. The van der Waals surface area contributed by atoms with Crippen LogP contribution in [0.5, 0.6) is 0 Å². The van der Waals surface area contributed by atoms with Crippen LogP contribution in [0.3, 0.4) is 0 Å². The van der Waals surface area contributed by atoms with E-state index in [-0.39, 0.29) is 5.82 Å². The van der Waals surface area contributed by atoms with E-state index >= 15 is 0 Å². The Hall–Kier alpha value is -1.23. The van der Waals surface area contributed by atoms with Crippen molar-refractivity contribution in [2.24, 2.45) is 5.73 Å². The number of hydrogen-bond donors (Lipinski definition) is 2. The largest absolute Gasteiger partial charge is 0.366 e. The molecule has 0 aliphatic carbocycles. The summed E-state index contributed by atoms with van der Waals surface area (Å²) in [5.41, 5.74) is 5.17. The molecule has 0 amide bonds. The van der Waals surface area contributed by atoms with Gasteiger partial charge >= 0.3 is 0 Å². The molecule has 1 aromatic heterocycles. The van der Waals surface area contributed by atoms with Gasteiger partial charge in [-0.05, 0) is 0 Å². The first kappa shape index (κ1) is 8.86. The van der Waals surface area contributed by atoms with Gasteiger partial charge in [-0.25, -0.2) is 13.8 Å². The van der Waals surface area contributed by atoms with Crippen LogP contribution in [0.4, 0.5) is 14.6 Å². The number of halogens is 2. The average molecular weight is 173 g/mol. The van der Waals surface area contributed by atoms with Crippen molar-refractivity contribution in [2.75, 3.05) is 18.4 Å². The van der Waals surface area contributed by atoms with Crippen LogP contribution in [0.2, 0.25) is 0 Å². The van der Waals surface area contributed by atoms with Crippen molar-refractivity contribution in [3.8, 4) is 0 Å². The number of hydrogen-bond acceptors (Lipinski definition) is 3. The molecule has 12 heavy (non-hydrogen) atoms. The van der Waals surface area contributed by atoms with Crippen molar-refractivity contribution in [1.29, 1.82) is 0 Å². The maximum Gasteiger partial charge on any atom is 0.168 e. The molecule has 0 unspecified atom stereocenters. The normalized spacial score (nSPS) is 9.92. The summed E-state index contributed by atoms with van der Waals surface area (Å²) in [4.78, 5) is 3.50. The molecule has 0 atom stereocenters. The fraction of sp³-hybridized carbons (Fsp3) is 0.286. The van der Waals surface area contributed by atoms with Gasteiger partial charge in [-0.2, -0.15) is 0 Å². The van der Waals surface area contributed by atoms with Gasteiger partial charge in [-0.3, -0.25) is 0 Å². The van der Waals surface area contributed by atoms with Crippen LogP contribution in [-0.4, -0.2) is 18.1 Å². The van der Waals surface area contributed by atoms with Crippen LogP contribution >= 0.6 is 0 Å². The molecule has 0 radical (unpaired) electrons. The minimum Gasteiger partial charge on any atom is -0.366 e. The molecular weight excluding hydrogens is 164 g/mol. The molecule has 3 nitrogen and oxygen atoms in total. The summed E-state index contributed by atoms with van der Waals surface area (Å²) in [6, 6.07) is 0.770. The van der Waals surface area contributed by atoms with Gasteiger partial charge in [0, 0.05) is 19.2 Å². The molecule has 1 rings (SSSR count). The van der Waals surface area contributed by atoms with E-state index in [2.05, 4.69) is 10.3 Å². The summed E-state index contributed by atoms with van der Waals surface area (Å²) < 4.78 is 25.1. The van der Waals surface area contributed by atoms with E-state index in [4.69, 9.17) is 5.73 Å². The van der Waals surface area contributed by atoms with Crippen molar-refractivity contribution >= 4 is 5.82 Å². The Balaban J connectivity index is 2.72. The van der Waals surface area contributed by atoms with E-state index in [0.29, 0.717) is 13.1 Å². The maximum absolute atomic E-state index is 12.8. The molecule has 1 heterocycles. The van der Waals surface area contributed by atoms with Gasteiger partial charge in [0.05, 0.1) is 6.20 Å². The predicted octanol–water partition coefficient (Wildman–Crippen LogP) is 0.730. The highest BCUT2D eigenvalue weighted by atomic mass is 19.1. The topological polar surface area (TPSA) is 50.9 Å². The summed E-state index contributed by atoms with van der Waals surface area (Å²) in [7, 11) is 0. The number of nitrogens with two attached hydrogens (primary N) is 1. The highest BCUT2D eigenvalue weighted by molar-refractivity contribution is 5.35. The zero-order valence-electron chi connectivity index (χ0n) is 6.35. The Morgan fingerprint density at radius 1 is 1.50 bits per heavy atom. The van der Waals surface area contributed by atoms with E-state index < -0.39 is 11.6 Å². The van der Waals surface area contributed by atoms with Crippen molar-refractivity contribution in [3.05, 3.63) is 23.9 Å². The maximum atomic E-state index is 12.8. The van der Waals surface area contributed by atoms with Crippen molar-refractivity contribution < 1.29 is 8.78 Å². The van der Waals surface area contributed by atoms with Gasteiger partial charge in [0.15, 0.2) is 11.6 Å². The first-order valence-electron chi connectivity index (χ1n) is 3.49. The van der Waals surface area contributed by atoms with Gasteiger partial charge in [0.25, 0.3) is 0 Å². The second-order valence-electron chi connectivity index (χ2n) is 2.20. The van der Waals surface area contributed by atoms with Crippen LogP contribution in [0.1, 0.15) is 0 Å². The summed E-state index contributed by atoms with van der Waals surface area (Å²) in [6.45, 7) is 0.786. The summed E-state index contributed by atoms with van der Waals surface area (Å²) in [5, 5.41) is 2.61. The lowest BCUT2D eigenvalue weighted by molar-refractivity contribution is 0.575. The molecule has 66 valence electrons. The fourth-order valence-electron chi connectivity index (χ4n) is 0.735. The van der Waals surface area contributed by atoms with E-state index in [9.17, 15) is 8.78 Å². The van der Waals surface area contributed by atoms with Crippen LogP contribution in [0, 0.1) is 11.6 Å². The summed E-state index contributed by atoms with van der Waals surface area (Å²) in [6.07, 6.45) is 0.946. The average Bonchev–Trinajstić information content (AvgIpc) is 2.03. The van der Waals surface area contributed by atoms with Crippen LogP contribution < -0.4 is 11.1 Å². The molecule has 0 bridgehead atoms. The summed E-state index contributed by atoms with van der Waals surface area (Å²) >= 11 is 0. The Labute approximate surface area is 68.6 Å². The third-order valence-electron chi connectivity index (χ3n) is 1.24. The van der Waals surface area contributed by atoms with Gasteiger partial charge in [0.1, 0.15) is 5.82 Å². The highest BCUT2D eigenvalue weighted by Crippen LogP contribution is 2.09. The van der Waals surface area contributed by atoms with E-state index in [1.165, 1.54) is 0 Å². The van der Waals surface area contributed by atoms with Crippen LogP contribution in [-0.2, 0) is 0 Å². The molecule has 3 N–H and O–H groups in total. The Morgan fingerprint density at radius 3 is 2.83 bits per heavy atom. The first-order valence-corrected chi connectivity index (χ1v) is 3.49. The number of aromatic nitrogens is 1. The second kappa shape index (κ2) is 3.96. The lowest BCUT2D eigenvalue weighted by Crippen LogP contribution is -2.14. The molecule has 0 aromatic carbocycles. The Kier molecular flexibility index (Phi) is 2.93. The minimum atomic E-state index is -0.705.